The van der Waals surface area contributed by atoms with E-state index >= 15 is 0 Å². The predicted octanol–water partition coefficient (Wildman–Crippen LogP) is 3.06. The van der Waals surface area contributed by atoms with Gasteiger partial charge in [-0.05, 0) is 43.5 Å². The molecule has 0 radical (unpaired) electrons. The lowest BCUT2D eigenvalue weighted by molar-refractivity contribution is 0.597. The van der Waals surface area contributed by atoms with Gasteiger partial charge in [0.15, 0.2) is 5.82 Å². The van der Waals surface area contributed by atoms with Crippen LogP contribution in [0.2, 0.25) is 0 Å². The summed E-state index contributed by atoms with van der Waals surface area (Å²) < 4.78 is 28.1. The van der Waals surface area contributed by atoms with Gasteiger partial charge in [0, 0.05) is 16.8 Å². The molecule has 1 aliphatic heterocycles. The standard InChI is InChI=1S/C14H13N3O2S2/c1-10-16-21(18,19)13-7-4-8-15-14(13)17(10)11-5-3-6-12(9-11)20-2/h3-9H,1-2H3. The Morgan fingerprint density at radius 3 is 2.76 bits per heavy atom. The summed E-state index contributed by atoms with van der Waals surface area (Å²) in [6.45, 7) is 1.67. The molecule has 3 rings (SSSR count). The second-order valence-corrected chi connectivity index (χ2v) is 6.93. The number of benzene rings is 1. The lowest BCUT2D eigenvalue weighted by atomic mass is 10.2. The molecule has 7 heteroatoms. The van der Waals surface area contributed by atoms with E-state index in [0.29, 0.717) is 11.7 Å². The SMILES string of the molecule is CSc1cccc(N2C(C)=NS(=O)(=O)c3cccnc32)c1. The summed E-state index contributed by atoms with van der Waals surface area (Å²) in [5, 5.41) is 0. The first-order valence-corrected chi connectivity index (χ1v) is 8.90. The Morgan fingerprint density at radius 2 is 2.00 bits per heavy atom. The Hall–Kier alpha value is -1.86. The van der Waals surface area contributed by atoms with Gasteiger partial charge in [-0.3, -0.25) is 4.90 Å². The number of fused-ring (bicyclic) bond motifs is 1. The maximum Gasteiger partial charge on any atom is 0.287 e. The first kappa shape index (κ1) is 14.1. The van der Waals surface area contributed by atoms with E-state index in [1.54, 1.807) is 35.8 Å². The largest absolute Gasteiger partial charge is 0.287 e. The van der Waals surface area contributed by atoms with Crippen molar-refractivity contribution in [1.29, 1.82) is 0 Å². The molecule has 0 fully saturated rings. The highest BCUT2D eigenvalue weighted by molar-refractivity contribution is 7.98. The third-order valence-electron chi connectivity index (χ3n) is 3.13. The highest BCUT2D eigenvalue weighted by Crippen LogP contribution is 2.35. The van der Waals surface area contributed by atoms with Crippen molar-refractivity contribution in [2.45, 2.75) is 16.7 Å². The molecular weight excluding hydrogens is 306 g/mol. The summed E-state index contributed by atoms with van der Waals surface area (Å²) >= 11 is 1.62. The fourth-order valence-electron chi connectivity index (χ4n) is 2.23. The van der Waals surface area contributed by atoms with Crippen molar-refractivity contribution in [1.82, 2.24) is 4.98 Å². The Balaban J connectivity index is 2.23. The maximum absolute atomic E-state index is 12.1. The number of aromatic nitrogens is 1. The molecule has 0 amide bonds. The predicted molar refractivity (Wildman–Crippen MR) is 84.9 cm³/mol. The average molecular weight is 319 g/mol. The van der Waals surface area contributed by atoms with Crippen LogP contribution in [-0.2, 0) is 10.0 Å². The first-order chi connectivity index (χ1) is 10.0. The summed E-state index contributed by atoms with van der Waals surface area (Å²) in [4.78, 5) is 7.22. The number of nitrogens with zero attached hydrogens (tertiary/aromatic N) is 3. The van der Waals surface area contributed by atoms with Crippen LogP contribution in [0, 0.1) is 0 Å². The number of anilines is 2. The molecule has 0 atom stereocenters. The molecule has 0 saturated heterocycles. The zero-order valence-corrected chi connectivity index (χ0v) is 13.1. The van der Waals surface area contributed by atoms with E-state index in [2.05, 4.69) is 9.38 Å². The van der Waals surface area contributed by atoms with E-state index in [1.807, 2.05) is 30.5 Å². The summed E-state index contributed by atoms with van der Waals surface area (Å²) in [6, 6.07) is 11.0. The topological polar surface area (TPSA) is 62.6 Å². The van der Waals surface area contributed by atoms with Crippen LogP contribution in [0.3, 0.4) is 0 Å². The van der Waals surface area contributed by atoms with Crippen molar-refractivity contribution in [3.05, 3.63) is 42.6 Å². The van der Waals surface area contributed by atoms with Gasteiger partial charge in [0.25, 0.3) is 10.0 Å². The van der Waals surface area contributed by atoms with Gasteiger partial charge in [0.05, 0.1) is 0 Å². The normalized spacial score (nSPS) is 16.3. The van der Waals surface area contributed by atoms with Crippen LogP contribution in [0.1, 0.15) is 6.92 Å². The Labute approximate surface area is 127 Å². The van der Waals surface area contributed by atoms with Gasteiger partial charge >= 0.3 is 0 Å². The molecule has 108 valence electrons. The highest BCUT2D eigenvalue weighted by Gasteiger charge is 2.30. The number of hydrogen-bond donors (Lipinski definition) is 0. The molecule has 2 heterocycles. The zero-order valence-electron chi connectivity index (χ0n) is 11.5. The molecule has 2 aromatic rings. The van der Waals surface area contributed by atoms with E-state index in [4.69, 9.17) is 0 Å². The third-order valence-corrected chi connectivity index (χ3v) is 5.23. The van der Waals surface area contributed by atoms with Gasteiger partial charge in [0.2, 0.25) is 0 Å². The minimum atomic E-state index is -3.67. The zero-order chi connectivity index (χ0) is 15.0. The molecule has 21 heavy (non-hydrogen) atoms. The molecule has 0 bridgehead atoms. The summed E-state index contributed by atoms with van der Waals surface area (Å²) in [6.07, 6.45) is 3.57. The van der Waals surface area contributed by atoms with Crippen LogP contribution < -0.4 is 4.90 Å². The second kappa shape index (κ2) is 5.16. The van der Waals surface area contributed by atoms with Crippen LogP contribution in [0.4, 0.5) is 11.5 Å². The quantitative estimate of drug-likeness (QED) is 0.796. The van der Waals surface area contributed by atoms with E-state index in [-0.39, 0.29) is 4.90 Å². The number of rotatable bonds is 2. The fraction of sp³-hybridized carbons (Fsp3) is 0.143. The first-order valence-electron chi connectivity index (χ1n) is 6.24. The molecule has 5 nitrogen and oxygen atoms in total. The fourth-order valence-corrected chi connectivity index (χ4v) is 3.83. The lowest BCUT2D eigenvalue weighted by Crippen LogP contribution is -2.30. The number of hydrogen-bond acceptors (Lipinski definition) is 5. The van der Waals surface area contributed by atoms with Crippen LogP contribution in [0.5, 0.6) is 0 Å². The van der Waals surface area contributed by atoms with Crippen LogP contribution in [0.15, 0.2) is 56.8 Å². The van der Waals surface area contributed by atoms with Crippen molar-refractivity contribution in [3.8, 4) is 0 Å². The minimum Gasteiger partial charge on any atom is -0.281 e. The smallest absolute Gasteiger partial charge is 0.281 e. The highest BCUT2D eigenvalue weighted by atomic mass is 32.2. The Morgan fingerprint density at radius 1 is 1.19 bits per heavy atom. The molecule has 0 N–H and O–H groups in total. The van der Waals surface area contributed by atoms with Gasteiger partial charge in [-0.15, -0.1) is 16.2 Å². The average Bonchev–Trinajstić information content (AvgIpc) is 2.47. The second-order valence-electron chi connectivity index (χ2n) is 4.48. The van der Waals surface area contributed by atoms with E-state index in [0.717, 1.165) is 10.6 Å². The van der Waals surface area contributed by atoms with Crippen LogP contribution in [0.25, 0.3) is 0 Å². The van der Waals surface area contributed by atoms with Crippen molar-refractivity contribution in [3.63, 3.8) is 0 Å². The number of sulfonamides is 1. The number of amidine groups is 1. The van der Waals surface area contributed by atoms with Gasteiger partial charge in [-0.25, -0.2) is 4.98 Å². The molecule has 1 aromatic carbocycles. The monoisotopic (exact) mass is 319 g/mol. The van der Waals surface area contributed by atoms with Crippen LogP contribution >= 0.6 is 11.8 Å². The molecule has 0 saturated carbocycles. The van der Waals surface area contributed by atoms with Gasteiger partial charge in [0.1, 0.15) is 10.7 Å². The van der Waals surface area contributed by atoms with Gasteiger partial charge in [-0.2, -0.15) is 8.42 Å². The van der Waals surface area contributed by atoms with Crippen molar-refractivity contribution in [2.75, 3.05) is 11.2 Å². The molecule has 0 unspecified atom stereocenters. The maximum atomic E-state index is 12.1. The number of thioether (sulfide) groups is 1. The van der Waals surface area contributed by atoms with E-state index in [1.165, 1.54) is 6.07 Å². The number of pyridine rings is 1. The van der Waals surface area contributed by atoms with Crippen molar-refractivity contribution < 1.29 is 8.42 Å². The van der Waals surface area contributed by atoms with E-state index < -0.39 is 10.0 Å². The van der Waals surface area contributed by atoms with Crippen molar-refractivity contribution in [2.24, 2.45) is 4.40 Å². The molecule has 1 aromatic heterocycles. The van der Waals surface area contributed by atoms with Crippen molar-refractivity contribution >= 4 is 39.1 Å². The summed E-state index contributed by atoms with van der Waals surface area (Å²) in [7, 11) is -3.67. The Bertz CT molecular complexity index is 832. The lowest BCUT2D eigenvalue weighted by Gasteiger charge is -2.28. The third kappa shape index (κ3) is 2.43. The molecule has 0 aliphatic carbocycles. The minimum absolute atomic E-state index is 0.130. The summed E-state index contributed by atoms with van der Waals surface area (Å²) in [5.74, 6) is 0.780. The molecule has 0 spiro atoms. The molecule has 1 aliphatic rings. The van der Waals surface area contributed by atoms with Gasteiger partial charge in [-0.1, -0.05) is 6.07 Å². The summed E-state index contributed by atoms with van der Waals surface area (Å²) in [5.41, 5.74) is 0.845. The Kier molecular flexibility index (Phi) is 3.46. The van der Waals surface area contributed by atoms with E-state index in [9.17, 15) is 8.42 Å². The van der Waals surface area contributed by atoms with Gasteiger partial charge < -0.3 is 0 Å². The molecular formula is C14H13N3O2S2. The van der Waals surface area contributed by atoms with Crippen LogP contribution in [-0.4, -0.2) is 25.5 Å².